The van der Waals surface area contributed by atoms with Crippen molar-refractivity contribution < 1.29 is 0 Å². The van der Waals surface area contributed by atoms with Gasteiger partial charge in [-0.25, -0.2) is 0 Å². The van der Waals surface area contributed by atoms with Crippen LogP contribution in [0.4, 0.5) is 0 Å². The number of hydrogen-bond acceptors (Lipinski definition) is 0. The molecule has 0 N–H and O–H groups in total. The van der Waals surface area contributed by atoms with E-state index in [0.29, 0.717) is 0 Å². The summed E-state index contributed by atoms with van der Waals surface area (Å²) in [5, 5.41) is 0. The van der Waals surface area contributed by atoms with Crippen LogP contribution in [0.25, 0.3) is 0 Å². The highest BCUT2D eigenvalue weighted by molar-refractivity contribution is 5.52. The normalized spacial score (nSPS) is 28.7. The lowest BCUT2D eigenvalue weighted by atomic mass is 9.59. The fraction of sp³-hybridized carbons (Fsp3) is 0.545. The van der Waals surface area contributed by atoms with Crippen LogP contribution in [0.5, 0.6) is 0 Å². The van der Waals surface area contributed by atoms with E-state index < -0.39 is 0 Å². The van der Waals surface area contributed by atoms with Crippen molar-refractivity contribution in [3.8, 4) is 0 Å². The lowest BCUT2D eigenvalue weighted by Crippen LogP contribution is -2.35. The van der Waals surface area contributed by atoms with E-state index in [1.54, 1.807) is 0 Å². The van der Waals surface area contributed by atoms with Crippen LogP contribution < -0.4 is 0 Å². The monoisotopic (exact) mass is 292 g/mol. The Balaban J connectivity index is 2.40. The molecule has 0 unspecified atom stereocenters. The minimum Gasteiger partial charge on any atom is -0.113 e. The minimum atomic E-state index is 0.0188. The van der Waals surface area contributed by atoms with Crippen LogP contribution in [0.3, 0.4) is 0 Å². The largest absolute Gasteiger partial charge is 0.113 e. The van der Waals surface area contributed by atoms with E-state index >= 15 is 0 Å². The molecular weight excluding hydrogens is 264 g/mol. The second kappa shape index (κ2) is 4.08. The highest BCUT2D eigenvalue weighted by Crippen LogP contribution is 2.57. The van der Waals surface area contributed by atoms with Crippen LogP contribution in [0.1, 0.15) is 55.4 Å². The second-order valence-electron chi connectivity index (χ2n) is 9.07. The quantitative estimate of drug-likeness (QED) is 0.470. The maximum atomic E-state index is 3.76. The van der Waals surface area contributed by atoms with Gasteiger partial charge in [0, 0.05) is 44.0 Å². The summed E-state index contributed by atoms with van der Waals surface area (Å²) in [7, 11) is 0. The molecule has 0 saturated heterocycles. The van der Waals surface area contributed by atoms with E-state index in [0.717, 1.165) is 0 Å². The molecule has 3 aliphatic carbocycles. The van der Waals surface area contributed by atoms with E-state index in [1.165, 1.54) is 22.3 Å². The fourth-order valence-corrected chi connectivity index (χ4v) is 3.60. The van der Waals surface area contributed by atoms with Crippen LogP contribution in [0.15, 0.2) is 58.1 Å². The molecular formula is C22H28. The van der Waals surface area contributed by atoms with Gasteiger partial charge in [-0.1, -0.05) is 55.4 Å². The zero-order chi connectivity index (χ0) is 16.6. The van der Waals surface area contributed by atoms with Crippen LogP contribution in [0, 0.1) is 21.7 Å². The first-order valence-corrected chi connectivity index (χ1v) is 8.32. The average Bonchev–Trinajstić information content (AvgIpc) is 3.07. The molecule has 4 bridgehead atoms. The molecule has 0 spiro atoms. The van der Waals surface area contributed by atoms with Crippen molar-refractivity contribution in [1.82, 2.24) is 0 Å². The van der Waals surface area contributed by atoms with Gasteiger partial charge in [0.15, 0.2) is 0 Å². The zero-order valence-electron chi connectivity index (χ0n) is 15.3. The summed E-state index contributed by atoms with van der Waals surface area (Å²) in [6.45, 7) is 18.7. The summed E-state index contributed by atoms with van der Waals surface area (Å²) in [5.74, 6) is 0. The Morgan fingerprint density at radius 3 is 0.818 bits per heavy atom. The van der Waals surface area contributed by atoms with Crippen LogP contribution >= 0.6 is 0 Å². The van der Waals surface area contributed by atoms with E-state index in [2.05, 4.69) is 91.2 Å². The van der Waals surface area contributed by atoms with E-state index in [4.69, 9.17) is 0 Å². The van der Waals surface area contributed by atoms with Crippen molar-refractivity contribution in [3.05, 3.63) is 58.1 Å². The molecule has 0 saturated carbocycles. The third-order valence-electron chi connectivity index (χ3n) is 7.19. The molecule has 0 heteroatoms. The minimum absolute atomic E-state index is 0.0188. The van der Waals surface area contributed by atoms with Gasteiger partial charge in [-0.05, 0) is 24.3 Å². The van der Waals surface area contributed by atoms with Gasteiger partial charge in [-0.3, -0.25) is 0 Å². The molecule has 0 aromatic rings. The molecule has 0 radical (unpaired) electrons. The summed E-state index contributed by atoms with van der Waals surface area (Å²) in [5.41, 5.74) is 12.9. The summed E-state index contributed by atoms with van der Waals surface area (Å²) in [4.78, 5) is 0. The highest BCUT2D eigenvalue weighted by Gasteiger charge is 2.48. The first kappa shape index (κ1) is 15.4. The van der Waals surface area contributed by atoms with Crippen molar-refractivity contribution in [2.45, 2.75) is 55.4 Å². The molecule has 0 nitrogen and oxygen atoms in total. The topological polar surface area (TPSA) is 0 Å². The third-order valence-corrected chi connectivity index (χ3v) is 7.19. The SMILES string of the molecule is CC1(C)C2=C=C(C=C2)C(C)(C)C(C)(C)C2=C=C(C=C2)C1(C)C. The average molecular weight is 292 g/mol. The molecule has 0 heterocycles. The molecule has 0 atom stereocenters. The number of allylic oxidation sites excluding steroid dienone is 6. The molecule has 0 amide bonds. The Morgan fingerprint density at radius 1 is 0.455 bits per heavy atom. The van der Waals surface area contributed by atoms with Crippen LogP contribution in [-0.4, -0.2) is 0 Å². The van der Waals surface area contributed by atoms with Crippen LogP contribution in [0.2, 0.25) is 0 Å². The standard InChI is InChI=1S/C22H28/c1-19(2)15-9-10-17(13-15)21(5,6)22(7,8)18-12-11-16(14-18)20(19,3)4/h9-12H,1-8H3. The Hall–Kier alpha value is -1.48. The maximum absolute atomic E-state index is 3.76. The van der Waals surface area contributed by atoms with Crippen molar-refractivity contribution in [2.24, 2.45) is 21.7 Å². The summed E-state index contributed by atoms with van der Waals surface area (Å²) in [6, 6.07) is 0. The summed E-state index contributed by atoms with van der Waals surface area (Å²) >= 11 is 0. The third kappa shape index (κ3) is 1.66. The van der Waals surface area contributed by atoms with Crippen molar-refractivity contribution in [2.75, 3.05) is 0 Å². The Bertz CT molecular complexity index is 620. The van der Waals surface area contributed by atoms with Gasteiger partial charge < -0.3 is 0 Å². The number of hydrogen-bond donors (Lipinski definition) is 0. The molecule has 116 valence electrons. The molecule has 0 aromatic carbocycles. The van der Waals surface area contributed by atoms with Gasteiger partial charge in [0.2, 0.25) is 0 Å². The first-order chi connectivity index (χ1) is 9.92. The van der Waals surface area contributed by atoms with Crippen LogP contribution in [-0.2, 0) is 0 Å². The Morgan fingerprint density at radius 2 is 0.636 bits per heavy atom. The van der Waals surface area contributed by atoms with Gasteiger partial charge in [0.1, 0.15) is 0 Å². The van der Waals surface area contributed by atoms with Crippen molar-refractivity contribution >= 4 is 0 Å². The van der Waals surface area contributed by atoms with Gasteiger partial charge in [-0.15, -0.1) is 11.5 Å². The Labute approximate surface area is 135 Å². The first-order valence-electron chi connectivity index (χ1n) is 8.32. The van der Waals surface area contributed by atoms with Crippen molar-refractivity contribution in [1.29, 1.82) is 0 Å². The Kier molecular flexibility index (Phi) is 2.86. The van der Waals surface area contributed by atoms with E-state index in [-0.39, 0.29) is 21.7 Å². The molecule has 22 heavy (non-hydrogen) atoms. The zero-order valence-corrected chi connectivity index (χ0v) is 15.3. The van der Waals surface area contributed by atoms with Gasteiger partial charge in [0.25, 0.3) is 0 Å². The predicted octanol–water partition coefficient (Wildman–Crippen LogP) is 6.15. The lowest BCUT2D eigenvalue weighted by molar-refractivity contribution is 0.203. The number of rotatable bonds is 0. The maximum Gasteiger partial charge on any atom is 0.00674 e. The molecule has 3 aliphatic rings. The van der Waals surface area contributed by atoms with Crippen molar-refractivity contribution in [3.63, 3.8) is 0 Å². The van der Waals surface area contributed by atoms with Gasteiger partial charge in [0.05, 0.1) is 0 Å². The summed E-state index contributed by atoms with van der Waals surface area (Å²) in [6.07, 6.45) is 9.12. The lowest BCUT2D eigenvalue weighted by Gasteiger charge is -2.43. The van der Waals surface area contributed by atoms with Gasteiger partial charge >= 0.3 is 0 Å². The molecule has 0 aromatic heterocycles. The fourth-order valence-electron chi connectivity index (χ4n) is 3.60. The van der Waals surface area contributed by atoms with E-state index in [1.807, 2.05) is 0 Å². The molecule has 0 fully saturated rings. The predicted molar refractivity (Wildman–Crippen MR) is 94.5 cm³/mol. The smallest absolute Gasteiger partial charge is 0.00674 e. The van der Waals surface area contributed by atoms with Gasteiger partial charge in [-0.2, -0.15) is 0 Å². The highest BCUT2D eigenvalue weighted by atomic mass is 14.5. The second-order valence-corrected chi connectivity index (χ2v) is 9.07. The van der Waals surface area contributed by atoms with E-state index in [9.17, 15) is 0 Å². The molecule has 0 aliphatic heterocycles. The molecule has 3 rings (SSSR count). The summed E-state index contributed by atoms with van der Waals surface area (Å²) < 4.78 is 0.